The number of hydrogen-bond donors (Lipinski definition) is 1. The van der Waals surface area contributed by atoms with E-state index in [-0.39, 0.29) is 5.97 Å². The van der Waals surface area contributed by atoms with E-state index in [1.54, 1.807) is 13.8 Å². The van der Waals surface area contributed by atoms with Crippen LogP contribution in [0.4, 0.5) is 22.7 Å². The molecule has 0 spiro atoms. The number of thiazole rings is 1. The van der Waals surface area contributed by atoms with Gasteiger partial charge in [0.25, 0.3) is 0 Å². The van der Waals surface area contributed by atoms with Gasteiger partial charge in [-0.25, -0.2) is 9.78 Å². The van der Waals surface area contributed by atoms with Gasteiger partial charge in [0.2, 0.25) is 5.95 Å². The van der Waals surface area contributed by atoms with Crippen LogP contribution in [0, 0.1) is 6.92 Å². The third-order valence-corrected chi connectivity index (χ3v) is 5.90. The minimum absolute atomic E-state index is 0.326. The summed E-state index contributed by atoms with van der Waals surface area (Å²) in [6.07, 6.45) is 0. The summed E-state index contributed by atoms with van der Waals surface area (Å²) >= 11 is 1.24. The molecule has 0 aliphatic carbocycles. The van der Waals surface area contributed by atoms with Crippen molar-refractivity contribution in [2.45, 2.75) is 13.8 Å². The number of nitrogens with zero attached hydrogens (tertiary/aromatic N) is 5. The van der Waals surface area contributed by atoms with Gasteiger partial charge in [-0.05, 0) is 13.8 Å². The zero-order valence-corrected chi connectivity index (χ0v) is 18.0. The molecule has 4 heterocycles. The highest BCUT2D eigenvalue weighted by molar-refractivity contribution is 7.17. The average Bonchev–Trinajstić information content (AvgIpc) is 3.15. The summed E-state index contributed by atoms with van der Waals surface area (Å²) in [7, 11) is 0. The second kappa shape index (κ2) is 9.54. The van der Waals surface area contributed by atoms with Gasteiger partial charge in [-0.1, -0.05) is 11.3 Å². The predicted molar refractivity (Wildman–Crippen MR) is 114 cm³/mol. The zero-order chi connectivity index (χ0) is 20.9. The van der Waals surface area contributed by atoms with Crippen LogP contribution in [0.15, 0.2) is 6.07 Å². The van der Waals surface area contributed by atoms with Gasteiger partial charge in [0.1, 0.15) is 16.5 Å². The van der Waals surface area contributed by atoms with E-state index in [1.165, 1.54) is 11.3 Å². The Hall–Kier alpha value is -2.50. The lowest BCUT2D eigenvalue weighted by atomic mass is 10.3. The van der Waals surface area contributed by atoms with Crippen LogP contribution in [-0.2, 0) is 14.2 Å². The summed E-state index contributed by atoms with van der Waals surface area (Å²) in [4.78, 5) is 30.8. The molecule has 11 heteroatoms. The molecule has 0 bridgehead atoms. The first-order valence-corrected chi connectivity index (χ1v) is 10.9. The number of aryl methyl sites for hydroxylation is 1. The number of nitrogens with one attached hydrogen (secondary N) is 1. The minimum Gasteiger partial charge on any atom is -0.462 e. The van der Waals surface area contributed by atoms with Crippen LogP contribution in [0.2, 0.25) is 0 Å². The molecule has 10 nitrogen and oxygen atoms in total. The summed E-state index contributed by atoms with van der Waals surface area (Å²) in [6, 6.07) is 2.01. The van der Waals surface area contributed by atoms with Crippen LogP contribution in [0.25, 0.3) is 0 Å². The summed E-state index contributed by atoms with van der Waals surface area (Å²) in [5, 5.41) is 3.74. The molecule has 162 valence electrons. The Morgan fingerprint density at radius 2 is 1.63 bits per heavy atom. The van der Waals surface area contributed by atoms with Gasteiger partial charge in [-0.3, -0.25) is 5.32 Å². The lowest BCUT2D eigenvalue weighted by molar-refractivity contribution is 0.0531. The SMILES string of the molecule is CCOC(=O)c1sc(Nc2nc(N3CCOCC3)cc(N3CCOCC3)n2)nc1C. The maximum absolute atomic E-state index is 12.1. The van der Waals surface area contributed by atoms with Gasteiger partial charge >= 0.3 is 5.97 Å². The standard InChI is InChI=1S/C19H26N6O4S/c1-3-29-17(26)16-13(2)20-19(30-16)23-18-21-14(24-4-8-27-9-5-24)12-15(22-18)25-6-10-28-11-7-25/h12H,3-11H2,1-2H3,(H,20,21,22,23). The van der Waals surface area contributed by atoms with Gasteiger partial charge in [-0.15, -0.1) is 0 Å². The van der Waals surface area contributed by atoms with Crippen LogP contribution >= 0.6 is 11.3 Å². The lowest BCUT2D eigenvalue weighted by Crippen LogP contribution is -2.39. The Morgan fingerprint density at radius 1 is 1.07 bits per heavy atom. The maximum Gasteiger partial charge on any atom is 0.350 e. The van der Waals surface area contributed by atoms with E-state index < -0.39 is 0 Å². The Bertz CT molecular complexity index is 844. The van der Waals surface area contributed by atoms with Crippen molar-refractivity contribution in [2.75, 3.05) is 74.3 Å². The fourth-order valence-electron chi connectivity index (χ4n) is 3.32. The lowest BCUT2D eigenvalue weighted by Gasteiger charge is -2.31. The van der Waals surface area contributed by atoms with E-state index in [2.05, 4.69) is 20.1 Å². The van der Waals surface area contributed by atoms with Crippen LogP contribution in [0.5, 0.6) is 0 Å². The average molecular weight is 435 g/mol. The number of morpholine rings is 2. The van der Waals surface area contributed by atoms with Crippen molar-refractivity contribution in [1.82, 2.24) is 15.0 Å². The Balaban J connectivity index is 1.61. The Kier molecular flexibility index (Phi) is 6.60. The summed E-state index contributed by atoms with van der Waals surface area (Å²) < 4.78 is 16.0. The zero-order valence-electron chi connectivity index (χ0n) is 17.2. The molecule has 4 rings (SSSR count). The number of carbonyl (C=O) groups excluding carboxylic acids is 1. The van der Waals surface area contributed by atoms with Gasteiger partial charge < -0.3 is 24.0 Å². The molecule has 0 unspecified atom stereocenters. The summed E-state index contributed by atoms with van der Waals surface area (Å²) in [5.41, 5.74) is 0.624. The smallest absolute Gasteiger partial charge is 0.350 e. The number of hydrogen-bond acceptors (Lipinski definition) is 11. The van der Waals surface area contributed by atoms with E-state index in [0.717, 1.165) is 37.8 Å². The van der Waals surface area contributed by atoms with Crippen molar-refractivity contribution in [2.24, 2.45) is 0 Å². The van der Waals surface area contributed by atoms with Crippen LogP contribution in [-0.4, -0.2) is 80.1 Å². The minimum atomic E-state index is -0.363. The van der Waals surface area contributed by atoms with Crippen molar-refractivity contribution in [3.8, 4) is 0 Å². The van der Waals surface area contributed by atoms with E-state index >= 15 is 0 Å². The highest BCUT2D eigenvalue weighted by atomic mass is 32.1. The predicted octanol–water partition coefficient (Wildman–Crippen LogP) is 1.84. The van der Waals surface area contributed by atoms with Crippen molar-refractivity contribution < 1.29 is 19.0 Å². The highest BCUT2D eigenvalue weighted by Crippen LogP contribution is 2.28. The first kappa shape index (κ1) is 20.8. The molecular formula is C19H26N6O4S. The monoisotopic (exact) mass is 434 g/mol. The molecule has 2 aliphatic heterocycles. The van der Waals surface area contributed by atoms with E-state index in [9.17, 15) is 4.79 Å². The van der Waals surface area contributed by atoms with Gasteiger partial charge in [0.15, 0.2) is 5.13 Å². The fraction of sp³-hybridized carbons (Fsp3) is 0.579. The number of ether oxygens (including phenoxy) is 3. The molecule has 0 atom stereocenters. The molecule has 2 aromatic rings. The topological polar surface area (TPSA) is 102 Å². The molecule has 0 amide bonds. The molecule has 2 fully saturated rings. The number of anilines is 4. The van der Waals surface area contributed by atoms with Gasteiger partial charge in [0, 0.05) is 32.2 Å². The van der Waals surface area contributed by atoms with Crippen molar-refractivity contribution in [3.05, 3.63) is 16.6 Å². The van der Waals surface area contributed by atoms with Crippen molar-refractivity contribution in [1.29, 1.82) is 0 Å². The molecular weight excluding hydrogens is 408 g/mol. The van der Waals surface area contributed by atoms with E-state index in [0.29, 0.717) is 54.7 Å². The normalized spacial score (nSPS) is 17.1. The van der Waals surface area contributed by atoms with E-state index in [4.69, 9.17) is 24.2 Å². The molecule has 0 radical (unpaired) electrons. The van der Waals surface area contributed by atoms with Gasteiger partial charge in [-0.2, -0.15) is 9.97 Å². The maximum atomic E-state index is 12.1. The second-order valence-electron chi connectivity index (χ2n) is 6.89. The first-order valence-electron chi connectivity index (χ1n) is 10.1. The highest BCUT2D eigenvalue weighted by Gasteiger charge is 2.21. The van der Waals surface area contributed by atoms with Crippen LogP contribution in [0.1, 0.15) is 22.3 Å². The second-order valence-corrected chi connectivity index (χ2v) is 7.88. The molecule has 30 heavy (non-hydrogen) atoms. The summed E-state index contributed by atoms with van der Waals surface area (Å²) in [5.74, 6) is 1.77. The molecule has 2 aliphatic rings. The number of esters is 1. The van der Waals surface area contributed by atoms with Crippen LogP contribution < -0.4 is 15.1 Å². The quantitative estimate of drug-likeness (QED) is 0.678. The molecule has 1 N–H and O–H groups in total. The largest absolute Gasteiger partial charge is 0.462 e. The third-order valence-electron chi connectivity index (χ3n) is 4.85. The van der Waals surface area contributed by atoms with Gasteiger partial charge in [0.05, 0.1) is 38.7 Å². The third kappa shape index (κ3) is 4.79. The molecule has 2 saturated heterocycles. The van der Waals surface area contributed by atoms with E-state index in [1.807, 2.05) is 6.07 Å². The summed E-state index contributed by atoms with van der Waals surface area (Å²) in [6.45, 7) is 9.72. The molecule has 2 aromatic heterocycles. The molecule has 0 aromatic carbocycles. The number of aromatic nitrogens is 3. The fourth-order valence-corrected chi connectivity index (χ4v) is 4.17. The molecule has 0 saturated carbocycles. The van der Waals surface area contributed by atoms with Crippen molar-refractivity contribution >= 4 is 40.0 Å². The van der Waals surface area contributed by atoms with Crippen molar-refractivity contribution in [3.63, 3.8) is 0 Å². The number of rotatable bonds is 6. The van der Waals surface area contributed by atoms with Crippen LogP contribution in [0.3, 0.4) is 0 Å². The Morgan fingerprint density at radius 3 is 2.17 bits per heavy atom. The first-order chi connectivity index (χ1) is 14.6. The Labute approximate surface area is 179 Å². The number of carbonyl (C=O) groups is 1.